The van der Waals surface area contributed by atoms with Crippen molar-refractivity contribution >= 4 is 82.8 Å². The second-order valence-electron chi connectivity index (χ2n) is 5.85. The second-order valence-corrected chi connectivity index (χ2v) is 8.84. The predicted molar refractivity (Wildman–Crippen MR) is 129 cm³/mol. The first-order valence-corrected chi connectivity index (χ1v) is 11.3. The van der Waals surface area contributed by atoms with E-state index in [0.717, 1.165) is 0 Å². The zero-order valence-corrected chi connectivity index (χ0v) is 21.0. The van der Waals surface area contributed by atoms with Gasteiger partial charge >= 0.3 is 6.09 Å². The fourth-order valence-corrected chi connectivity index (χ4v) is 4.37. The minimum Gasteiger partial charge on any atom is -0.445 e. The van der Waals surface area contributed by atoms with Gasteiger partial charge in [0.1, 0.15) is 16.9 Å². The Hall–Kier alpha value is -2.21. The molecule has 0 atom stereocenters. The van der Waals surface area contributed by atoms with Crippen molar-refractivity contribution in [1.82, 2.24) is 14.8 Å². The molecule has 160 valence electrons. The third-order valence-electron chi connectivity index (χ3n) is 3.71. The van der Waals surface area contributed by atoms with Gasteiger partial charge in [-0.2, -0.15) is 5.10 Å². The number of carbonyl (C=O) groups is 2. The van der Waals surface area contributed by atoms with E-state index in [1.807, 2.05) is 0 Å². The Morgan fingerprint density at radius 1 is 1.23 bits per heavy atom. The number of carbonyl (C=O) groups excluding carboxylic acids is 2. The van der Waals surface area contributed by atoms with Crippen LogP contribution < -0.4 is 10.6 Å². The lowest BCUT2D eigenvalue weighted by atomic mass is 10.2. The van der Waals surface area contributed by atoms with Crippen LogP contribution >= 0.6 is 59.4 Å². The summed E-state index contributed by atoms with van der Waals surface area (Å²) in [7, 11) is 0. The van der Waals surface area contributed by atoms with E-state index in [0.29, 0.717) is 35.8 Å². The topological polar surface area (TPSA) is 98.1 Å². The molecule has 0 unspecified atom stereocenters. The number of hydrogen-bond acceptors (Lipinski definition) is 5. The number of pyridine rings is 1. The Kier molecular flexibility index (Phi) is 7.87. The molecule has 0 aliphatic heterocycles. The summed E-state index contributed by atoms with van der Waals surface area (Å²) in [6, 6.07) is 8.19. The number of nitrogens with one attached hydrogen (secondary N) is 2. The van der Waals surface area contributed by atoms with Gasteiger partial charge in [0.05, 0.1) is 16.4 Å². The van der Waals surface area contributed by atoms with Crippen molar-refractivity contribution in [2.45, 2.75) is 0 Å². The molecular formula is C19H13Br3ClN5O3. The van der Waals surface area contributed by atoms with Crippen LogP contribution in [0.2, 0.25) is 5.02 Å². The summed E-state index contributed by atoms with van der Waals surface area (Å²) in [5, 5.41) is 9.95. The Bertz CT molecular complexity index is 1170. The van der Waals surface area contributed by atoms with Gasteiger partial charge in [-0.05, 0) is 56.1 Å². The Morgan fingerprint density at radius 3 is 2.71 bits per heavy atom. The van der Waals surface area contributed by atoms with Crippen LogP contribution in [0.25, 0.3) is 5.82 Å². The standard InChI is InChI=1S/C19H13Br3ClN5O3/c1-2-6-31-19(30)25-13-8-10(20)7-11(21)16(13)26-18(29)14-9-15(22)27-28(14)17-12(23)4-3-5-24-17/h2-5,7-9H,1,6H2,(H,25,30)(H,26,29). The van der Waals surface area contributed by atoms with Crippen molar-refractivity contribution in [2.24, 2.45) is 0 Å². The van der Waals surface area contributed by atoms with Crippen molar-refractivity contribution in [3.8, 4) is 5.82 Å². The average molecular weight is 635 g/mol. The molecule has 31 heavy (non-hydrogen) atoms. The maximum absolute atomic E-state index is 13.1. The number of aromatic nitrogens is 3. The quantitative estimate of drug-likeness (QED) is 0.315. The van der Waals surface area contributed by atoms with E-state index in [1.165, 1.54) is 16.8 Å². The van der Waals surface area contributed by atoms with Crippen LogP contribution in [0, 0.1) is 0 Å². The van der Waals surface area contributed by atoms with Gasteiger partial charge < -0.3 is 10.1 Å². The SMILES string of the molecule is C=CCOC(=O)Nc1cc(Br)cc(Br)c1NC(=O)c1cc(Br)nn1-c1ncccc1Cl. The van der Waals surface area contributed by atoms with Crippen molar-refractivity contribution < 1.29 is 14.3 Å². The highest BCUT2D eigenvalue weighted by molar-refractivity contribution is 9.11. The summed E-state index contributed by atoms with van der Waals surface area (Å²) in [5.41, 5.74) is 0.798. The van der Waals surface area contributed by atoms with Crippen molar-refractivity contribution in [3.05, 3.63) is 73.4 Å². The Balaban J connectivity index is 1.95. The third-order valence-corrected chi connectivity index (χ3v) is 5.48. The van der Waals surface area contributed by atoms with Crippen LogP contribution in [0.1, 0.15) is 10.5 Å². The number of benzene rings is 1. The fraction of sp³-hybridized carbons (Fsp3) is 0.0526. The summed E-state index contributed by atoms with van der Waals surface area (Å²) >= 11 is 16.3. The highest BCUT2D eigenvalue weighted by Crippen LogP contribution is 2.35. The average Bonchev–Trinajstić information content (AvgIpc) is 3.10. The van der Waals surface area contributed by atoms with E-state index in [9.17, 15) is 9.59 Å². The van der Waals surface area contributed by atoms with Crippen LogP contribution in [0.3, 0.4) is 0 Å². The van der Waals surface area contributed by atoms with Gasteiger partial charge in [0.15, 0.2) is 5.82 Å². The lowest BCUT2D eigenvalue weighted by molar-refractivity contribution is 0.101. The molecule has 2 amide bonds. The number of rotatable bonds is 6. The van der Waals surface area contributed by atoms with Crippen LogP contribution in [0.4, 0.5) is 16.2 Å². The number of halogens is 4. The molecule has 2 aromatic heterocycles. The summed E-state index contributed by atoms with van der Waals surface area (Å²) in [6.07, 6.45) is 2.29. The zero-order chi connectivity index (χ0) is 22.5. The Morgan fingerprint density at radius 2 is 2.00 bits per heavy atom. The molecule has 0 bridgehead atoms. The summed E-state index contributed by atoms with van der Waals surface area (Å²) < 4.78 is 7.89. The highest BCUT2D eigenvalue weighted by atomic mass is 79.9. The van der Waals surface area contributed by atoms with Crippen LogP contribution in [0.5, 0.6) is 0 Å². The van der Waals surface area contributed by atoms with Gasteiger partial charge in [-0.1, -0.05) is 40.2 Å². The third kappa shape index (κ3) is 5.73. The molecule has 1 aromatic carbocycles. The van der Waals surface area contributed by atoms with Gasteiger partial charge in [0.2, 0.25) is 0 Å². The van der Waals surface area contributed by atoms with Crippen LogP contribution in [-0.4, -0.2) is 33.4 Å². The van der Waals surface area contributed by atoms with E-state index < -0.39 is 12.0 Å². The number of ether oxygens (including phenoxy) is 1. The molecule has 0 aliphatic carbocycles. The minimum atomic E-state index is -0.701. The summed E-state index contributed by atoms with van der Waals surface area (Å²) in [6.45, 7) is 3.54. The van der Waals surface area contributed by atoms with E-state index in [2.05, 4.69) is 75.1 Å². The normalized spacial score (nSPS) is 10.5. The molecule has 2 N–H and O–H groups in total. The molecule has 0 aliphatic rings. The first-order chi connectivity index (χ1) is 14.8. The number of nitrogens with zero attached hydrogens (tertiary/aromatic N) is 3. The molecule has 0 spiro atoms. The highest BCUT2D eigenvalue weighted by Gasteiger charge is 2.21. The summed E-state index contributed by atoms with van der Waals surface area (Å²) in [5.74, 6) is -0.216. The van der Waals surface area contributed by atoms with E-state index in [4.69, 9.17) is 16.3 Å². The molecule has 0 saturated carbocycles. The van der Waals surface area contributed by atoms with Gasteiger partial charge in [0, 0.05) is 21.2 Å². The molecular weight excluding hydrogens is 621 g/mol. The molecule has 0 fully saturated rings. The van der Waals surface area contributed by atoms with E-state index >= 15 is 0 Å². The first-order valence-electron chi connectivity index (χ1n) is 8.51. The van der Waals surface area contributed by atoms with Crippen molar-refractivity contribution in [2.75, 3.05) is 17.2 Å². The van der Waals surface area contributed by atoms with Crippen LogP contribution in [0.15, 0.2) is 62.7 Å². The first kappa shape index (κ1) is 23.5. The molecule has 8 nitrogen and oxygen atoms in total. The zero-order valence-electron chi connectivity index (χ0n) is 15.5. The molecule has 0 saturated heterocycles. The molecule has 3 rings (SSSR count). The van der Waals surface area contributed by atoms with Gasteiger partial charge in [-0.3, -0.25) is 10.1 Å². The second kappa shape index (κ2) is 10.4. The predicted octanol–water partition coefficient (Wildman–Crippen LogP) is 6.20. The van der Waals surface area contributed by atoms with Gasteiger partial charge in [-0.25, -0.2) is 14.5 Å². The maximum atomic E-state index is 13.1. The van der Waals surface area contributed by atoms with Crippen molar-refractivity contribution in [3.63, 3.8) is 0 Å². The molecule has 12 heteroatoms. The number of amides is 2. The number of hydrogen-bond donors (Lipinski definition) is 2. The molecule has 2 heterocycles. The number of anilines is 2. The van der Waals surface area contributed by atoms with Crippen LogP contribution in [-0.2, 0) is 4.74 Å². The monoisotopic (exact) mass is 631 g/mol. The van der Waals surface area contributed by atoms with E-state index in [-0.39, 0.29) is 12.3 Å². The maximum Gasteiger partial charge on any atom is 0.412 e. The lowest BCUT2D eigenvalue weighted by Gasteiger charge is -2.15. The van der Waals surface area contributed by atoms with E-state index in [1.54, 1.807) is 30.5 Å². The fourth-order valence-electron chi connectivity index (χ4n) is 2.47. The minimum absolute atomic E-state index is 0.0424. The molecule has 3 aromatic rings. The summed E-state index contributed by atoms with van der Waals surface area (Å²) in [4.78, 5) is 29.3. The Labute approximate surface area is 207 Å². The largest absolute Gasteiger partial charge is 0.445 e. The van der Waals surface area contributed by atoms with Crippen molar-refractivity contribution in [1.29, 1.82) is 0 Å². The molecule has 0 radical (unpaired) electrons. The smallest absolute Gasteiger partial charge is 0.412 e. The van der Waals surface area contributed by atoms with Gasteiger partial charge in [-0.15, -0.1) is 0 Å². The lowest BCUT2D eigenvalue weighted by Crippen LogP contribution is -2.20. The van der Waals surface area contributed by atoms with Gasteiger partial charge in [0.25, 0.3) is 5.91 Å².